The van der Waals surface area contributed by atoms with Gasteiger partial charge in [0.2, 0.25) is 0 Å². The molecule has 1 amide bonds. The van der Waals surface area contributed by atoms with E-state index in [1.165, 1.54) is 12.1 Å². The van der Waals surface area contributed by atoms with Gasteiger partial charge in [0, 0.05) is 5.69 Å². The third-order valence-electron chi connectivity index (χ3n) is 1.60. The number of nitrogens with one attached hydrogen (secondary N) is 1. The number of hydrogen-bond donors (Lipinski definition) is 1. The lowest BCUT2D eigenvalue weighted by molar-refractivity contribution is -0.167. The fourth-order valence-corrected chi connectivity index (χ4v) is 1.05. The van der Waals surface area contributed by atoms with Crippen molar-refractivity contribution >= 4 is 23.2 Å². The Hall–Kier alpha value is -1.74. The normalized spacial score (nSPS) is 10.7. The summed E-state index contributed by atoms with van der Waals surface area (Å²) in [7, 11) is 0. The molecule has 1 aromatic rings. The number of nitrogens with zero attached hydrogens (tertiary/aromatic N) is 1. The van der Waals surface area contributed by atoms with Crippen LogP contribution in [0.2, 0.25) is 5.02 Å². The lowest BCUT2D eigenvalue weighted by atomic mass is 10.2. The van der Waals surface area contributed by atoms with Crippen molar-refractivity contribution in [3.05, 3.63) is 28.8 Å². The number of nitriles is 1. The lowest BCUT2D eigenvalue weighted by Crippen LogP contribution is -2.29. The molecule has 0 aliphatic heterocycles. The van der Waals surface area contributed by atoms with Gasteiger partial charge in [-0.3, -0.25) is 4.79 Å². The van der Waals surface area contributed by atoms with Crippen LogP contribution in [-0.4, -0.2) is 12.1 Å². The molecule has 3 nitrogen and oxygen atoms in total. The van der Waals surface area contributed by atoms with Crippen LogP contribution in [0.4, 0.5) is 18.9 Å². The molecule has 0 aromatic heterocycles. The van der Waals surface area contributed by atoms with Gasteiger partial charge in [-0.2, -0.15) is 18.4 Å². The van der Waals surface area contributed by atoms with Gasteiger partial charge in [0.05, 0.1) is 10.6 Å². The van der Waals surface area contributed by atoms with E-state index in [0.717, 1.165) is 6.07 Å². The van der Waals surface area contributed by atoms with Gasteiger partial charge in [0.1, 0.15) is 6.07 Å². The highest BCUT2D eigenvalue weighted by Crippen LogP contribution is 2.22. The van der Waals surface area contributed by atoms with Crippen LogP contribution in [0.25, 0.3) is 0 Å². The fourth-order valence-electron chi connectivity index (χ4n) is 0.891. The maximum atomic E-state index is 11.9. The molecular weight excluding hydrogens is 245 g/mol. The van der Waals surface area contributed by atoms with Crippen LogP contribution >= 0.6 is 11.6 Å². The molecule has 0 unspecified atom stereocenters. The van der Waals surface area contributed by atoms with E-state index in [9.17, 15) is 18.0 Å². The molecule has 0 aliphatic rings. The molecule has 1 aromatic carbocycles. The Morgan fingerprint density at radius 3 is 2.56 bits per heavy atom. The van der Waals surface area contributed by atoms with Crippen LogP contribution in [-0.2, 0) is 4.79 Å². The van der Waals surface area contributed by atoms with Gasteiger partial charge in [0.25, 0.3) is 0 Å². The number of benzene rings is 1. The molecule has 0 fully saturated rings. The highest BCUT2D eigenvalue weighted by Gasteiger charge is 2.38. The Balaban J connectivity index is 2.92. The first-order valence-electron chi connectivity index (χ1n) is 3.92. The maximum Gasteiger partial charge on any atom is 0.471 e. The third kappa shape index (κ3) is 2.87. The molecule has 0 saturated carbocycles. The fraction of sp³-hybridized carbons (Fsp3) is 0.111. The number of halogens is 4. The zero-order valence-electron chi connectivity index (χ0n) is 7.60. The minimum absolute atomic E-state index is 0.0124. The summed E-state index contributed by atoms with van der Waals surface area (Å²) in [5.41, 5.74) is -0.148. The van der Waals surface area contributed by atoms with Crippen LogP contribution < -0.4 is 5.32 Å². The highest BCUT2D eigenvalue weighted by atomic mass is 35.5. The first kappa shape index (κ1) is 12.3. The Labute approximate surface area is 93.4 Å². The number of rotatable bonds is 1. The summed E-state index contributed by atoms with van der Waals surface area (Å²) >= 11 is 5.57. The predicted octanol–water partition coefficient (Wildman–Crippen LogP) is 2.71. The Morgan fingerprint density at radius 2 is 2.06 bits per heavy atom. The topological polar surface area (TPSA) is 52.9 Å². The van der Waals surface area contributed by atoms with E-state index in [1.54, 1.807) is 11.4 Å². The molecule has 0 saturated heterocycles. The largest absolute Gasteiger partial charge is 0.471 e. The summed E-state index contributed by atoms with van der Waals surface area (Å²) in [4.78, 5) is 10.6. The molecule has 84 valence electrons. The van der Waals surface area contributed by atoms with Gasteiger partial charge < -0.3 is 5.32 Å². The summed E-state index contributed by atoms with van der Waals surface area (Å²) in [5.74, 6) is -2.10. The van der Waals surface area contributed by atoms with E-state index in [2.05, 4.69) is 0 Å². The monoisotopic (exact) mass is 248 g/mol. The summed E-state index contributed by atoms with van der Waals surface area (Å²) in [6, 6.07) is 5.15. The number of carbonyl (C=O) groups excluding carboxylic acids is 1. The summed E-state index contributed by atoms with van der Waals surface area (Å²) < 4.78 is 35.7. The SMILES string of the molecule is N#Cc1cc(NC(=O)C(F)(F)F)ccc1Cl. The Bertz CT molecular complexity index is 465. The van der Waals surface area contributed by atoms with Crippen LogP contribution in [0.15, 0.2) is 18.2 Å². The molecule has 0 spiro atoms. The maximum absolute atomic E-state index is 11.9. The minimum Gasteiger partial charge on any atom is -0.318 e. The van der Waals surface area contributed by atoms with Crippen LogP contribution in [0, 0.1) is 11.3 Å². The second-order valence-corrected chi connectivity index (χ2v) is 3.17. The van der Waals surface area contributed by atoms with Crippen molar-refractivity contribution in [1.82, 2.24) is 0 Å². The van der Waals surface area contributed by atoms with E-state index in [4.69, 9.17) is 16.9 Å². The van der Waals surface area contributed by atoms with Gasteiger partial charge in [-0.15, -0.1) is 0 Å². The standard InChI is InChI=1S/C9H4ClF3N2O/c10-7-2-1-6(3-5(7)4-14)15-8(16)9(11,12)13/h1-3H,(H,15,16). The van der Waals surface area contributed by atoms with Gasteiger partial charge in [-0.1, -0.05) is 11.6 Å². The summed E-state index contributed by atoms with van der Waals surface area (Å²) in [5, 5.41) is 10.3. The highest BCUT2D eigenvalue weighted by molar-refractivity contribution is 6.31. The zero-order chi connectivity index (χ0) is 12.3. The molecule has 0 heterocycles. The molecule has 0 atom stereocenters. The molecular formula is C9H4ClF3N2O. The van der Waals surface area contributed by atoms with Gasteiger partial charge >= 0.3 is 12.1 Å². The van der Waals surface area contributed by atoms with Crippen molar-refractivity contribution in [3.8, 4) is 6.07 Å². The van der Waals surface area contributed by atoms with Crippen LogP contribution in [0.1, 0.15) is 5.56 Å². The second kappa shape index (κ2) is 4.41. The van der Waals surface area contributed by atoms with Crippen LogP contribution in [0.5, 0.6) is 0 Å². The molecule has 0 aliphatic carbocycles. The second-order valence-electron chi connectivity index (χ2n) is 2.76. The first-order valence-corrected chi connectivity index (χ1v) is 4.30. The molecule has 16 heavy (non-hydrogen) atoms. The molecule has 1 N–H and O–H groups in total. The van der Waals surface area contributed by atoms with Gasteiger partial charge in [-0.25, -0.2) is 0 Å². The molecule has 0 radical (unpaired) electrons. The predicted molar refractivity (Wildman–Crippen MR) is 50.9 cm³/mol. The van der Waals surface area contributed by atoms with E-state index < -0.39 is 12.1 Å². The average Bonchev–Trinajstić information content (AvgIpc) is 2.19. The van der Waals surface area contributed by atoms with Crippen molar-refractivity contribution < 1.29 is 18.0 Å². The van der Waals surface area contributed by atoms with Crippen molar-refractivity contribution in [2.75, 3.05) is 5.32 Å². The van der Waals surface area contributed by atoms with E-state index in [1.807, 2.05) is 0 Å². The van der Waals surface area contributed by atoms with Gasteiger partial charge in [0.15, 0.2) is 0 Å². The van der Waals surface area contributed by atoms with Crippen molar-refractivity contribution in [2.24, 2.45) is 0 Å². The number of alkyl halides is 3. The summed E-state index contributed by atoms with van der Waals surface area (Å²) in [6.45, 7) is 0. The van der Waals surface area contributed by atoms with Crippen LogP contribution in [0.3, 0.4) is 0 Å². The third-order valence-corrected chi connectivity index (χ3v) is 1.93. The number of amides is 1. The van der Waals surface area contributed by atoms with Crippen molar-refractivity contribution in [1.29, 1.82) is 5.26 Å². The molecule has 1 rings (SSSR count). The van der Waals surface area contributed by atoms with Gasteiger partial charge in [-0.05, 0) is 18.2 Å². The van der Waals surface area contributed by atoms with Crippen molar-refractivity contribution in [3.63, 3.8) is 0 Å². The smallest absolute Gasteiger partial charge is 0.318 e. The molecule has 7 heteroatoms. The van der Waals surface area contributed by atoms with Crippen molar-refractivity contribution in [2.45, 2.75) is 6.18 Å². The number of anilines is 1. The van der Waals surface area contributed by atoms with E-state index in [0.29, 0.717) is 0 Å². The summed E-state index contributed by atoms with van der Waals surface area (Å²) in [6.07, 6.45) is -4.97. The lowest BCUT2D eigenvalue weighted by Gasteiger charge is -2.08. The number of hydrogen-bond acceptors (Lipinski definition) is 2. The minimum atomic E-state index is -4.97. The quantitative estimate of drug-likeness (QED) is 0.831. The molecule has 0 bridgehead atoms. The van der Waals surface area contributed by atoms with E-state index in [-0.39, 0.29) is 16.3 Å². The Kier molecular flexibility index (Phi) is 3.40. The first-order chi connectivity index (χ1) is 7.34. The Morgan fingerprint density at radius 1 is 1.44 bits per heavy atom. The van der Waals surface area contributed by atoms with E-state index >= 15 is 0 Å². The number of carbonyl (C=O) groups is 1. The average molecular weight is 249 g/mol. The zero-order valence-corrected chi connectivity index (χ0v) is 8.36.